The third-order valence-corrected chi connectivity index (χ3v) is 3.68. The fourth-order valence-corrected chi connectivity index (χ4v) is 2.30. The van der Waals surface area contributed by atoms with Crippen molar-refractivity contribution in [3.8, 4) is 17.5 Å². The largest absolute Gasteiger partial charge is 0.436 e. The average Bonchev–Trinajstić information content (AvgIpc) is 2.99. The molecule has 1 heterocycles. The van der Waals surface area contributed by atoms with Gasteiger partial charge in [0.25, 0.3) is 0 Å². The first kappa shape index (κ1) is 16.2. The van der Waals surface area contributed by atoms with E-state index in [2.05, 4.69) is 15.5 Å². The summed E-state index contributed by atoms with van der Waals surface area (Å²) in [4.78, 5) is 4.52. The Balaban J connectivity index is 1.98. The molecule has 0 saturated heterocycles. The first-order valence-corrected chi connectivity index (χ1v) is 7.54. The van der Waals surface area contributed by atoms with E-state index in [-0.39, 0.29) is 5.71 Å². The molecule has 25 heavy (non-hydrogen) atoms. The van der Waals surface area contributed by atoms with Crippen molar-refractivity contribution < 1.29 is 4.42 Å². The zero-order chi connectivity index (χ0) is 18.0. The van der Waals surface area contributed by atoms with E-state index in [1.54, 1.807) is 6.07 Å². The Morgan fingerprint density at radius 1 is 1.28 bits per heavy atom. The predicted octanol–water partition coefficient (Wildman–Crippen LogP) is 3.34. The minimum Gasteiger partial charge on any atom is -0.436 e. The second kappa shape index (κ2) is 6.45. The van der Waals surface area contributed by atoms with E-state index in [1.807, 2.05) is 50.2 Å². The number of hydrogen-bond acceptors (Lipinski definition) is 6. The van der Waals surface area contributed by atoms with E-state index in [0.29, 0.717) is 11.6 Å². The lowest BCUT2D eigenvalue weighted by molar-refractivity contribution is 0.620. The molecule has 4 N–H and O–H groups in total. The van der Waals surface area contributed by atoms with Crippen LogP contribution in [0.1, 0.15) is 11.1 Å². The molecule has 3 rings (SSSR count). The SMILES string of the molecule is Cc1ccc2oc(-c3ccc(C)c(N/N=C(\C#N)C(=N)N)c3)nc2c1. The third kappa shape index (κ3) is 3.33. The van der Waals surface area contributed by atoms with E-state index in [0.717, 1.165) is 27.8 Å². The van der Waals surface area contributed by atoms with Crippen LogP contribution >= 0.6 is 0 Å². The summed E-state index contributed by atoms with van der Waals surface area (Å²) in [5.74, 6) is 0.109. The number of nitrogens with two attached hydrogens (primary N) is 1. The summed E-state index contributed by atoms with van der Waals surface area (Å²) in [7, 11) is 0. The Hall–Kier alpha value is -3.66. The molecule has 7 nitrogen and oxygen atoms in total. The van der Waals surface area contributed by atoms with Crippen LogP contribution in [0, 0.1) is 30.6 Å². The van der Waals surface area contributed by atoms with Crippen molar-refractivity contribution in [1.82, 2.24) is 4.98 Å². The number of aromatic nitrogens is 1. The van der Waals surface area contributed by atoms with Gasteiger partial charge in [-0.05, 0) is 49.2 Å². The number of nitrogens with zero attached hydrogens (tertiary/aromatic N) is 3. The number of benzene rings is 2. The minimum absolute atomic E-state index is 0.179. The van der Waals surface area contributed by atoms with Crippen LogP contribution in [0.4, 0.5) is 5.69 Å². The molecular formula is C18H16N6O. The zero-order valence-electron chi connectivity index (χ0n) is 13.8. The second-order valence-corrected chi connectivity index (χ2v) is 5.62. The summed E-state index contributed by atoms with van der Waals surface area (Å²) in [6, 6.07) is 13.2. The quantitative estimate of drug-likeness (QED) is 0.384. The van der Waals surface area contributed by atoms with Crippen molar-refractivity contribution >= 4 is 28.3 Å². The Morgan fingerprint density at radius 2 is 2.08 bits per heavy atom. The van der Waals surface area contributed by atoms with Crippen LogP contribution in [-0.4, -0.2) is 16.5 Å². The normalized spacial score (nSPS) is 11.3. The molecule has 2 aromatic carbocycles. The molecule has 0 aliphatic heterocycles. The molecule has 0 amide bonds. The molecule has 0 radical (unpaired) electrons. The highest BCUT2D eigenvalue weighted by Crippen LogP contribution is 2.28. The number of hydrogen-bond donors (Lipinski definition) is 3. The number of amidine groups is 1. The van der Waals surface area contributed by atoms with Crippen LogP contribution in [0.5, 0.6) is 0 Å². The first-order chi connectivity index (χ1) is 12.0. The Morgan fingerprint density at radius 3 is 2.80 bits per heavy atom. The average molecular weight is 332 g/mol. The molecule has 0 atom stereocenters. The molecule has 0 saturated carbocycles. The smallest absolute Gasteiger partial charge is 0.227 e. The van der Waals surface area contributed by atoms with Gasteiger partial charge in [0.1, 0.15) is 11.6 Å². The van der Waals surface area contributed by atoms with Crippen LogP contribution in [0.25, 0.3) is 22.6 Å². The maximum absolute atomic E-state index is 8.91. The summed E-state index contributed by atoms with van der Waals surface area (Å²) in [5, 5.41) is 20.1. The Bertz CT molecular complexity index is 1040. The van der Waals surface area contributed by atoms with E-state index >= 15 is 0 Å². The monoisotopic (exact) mass is 332 g/mol. The van der Waals surface area contributed by atoms with Gasteiger partial charge in [0, 0.05) is 5.56 Å². The van der Waals surface area contributed by atoms with Crippen molar-refractivity contribution in [3.63, 3.8) is 0 Å². The van der Waals surface area contributed by atoms with Crippen LogP contribution in [0.3, 0.4) is 0 Å². The van der Waals surface area contributed by atoms with E-state index in [9.17, 15) is 0 Å². The fourth-order valence-electron chi connectivity index (χ4n) is 2.30. The number of anilines is 1. The second-order valence-electron chi connectivity index (χ2n) is 5.62. The highest BCUT2D eigenvalue weighted by Gasteiger charge is 2.10. The van der Waals surface area contributed by atoms with Crippen LogP contribution in [0.2, 0.25) is 0 Å². The molecule has 1 aromatic heterocycles. The highest BCUT2D eigenvalue weighted by atomic mass is 16.3. The molecule has 124 valence electrons. The maximum Gasteiger partial charge on any atom is 0.227 e. The van der Waals surface area contributed by atoms with Gasteiger partial charge in [-0.15, -0.1) is 0 Å². The lowest BCUT2D eigenvalue weighted by Crippen LogP contribution is -2.21. The van der Waals surface area contributed by atoms with Gasteiger partial charge in [0.15, 0.2) is 11.4 Å². The lowest BCUT2D eigenvalue weighted by Gasteiger charge is -2.07. The molecule has 0 fully saturated rings. The lowest BCUT2D eigenvalue weighted by atomic mass is 10.1. The number of oxazole rings is 1. The third-order valence-electron chi connectivity index (χ3n) is 3.68. The number of hydrazone groups is 1. The first-order valence-electron chi connectivity index (χ1n) is 7.54. The highest BCUT2D eigenvalue weighted by molar-refractivity contribution is 6.45. The molecule has 0 bridgehead atoms. The molecule has 0 aliphatic rings. The summed E-state index contributed by atoms with van der Waals surface area (Å²) < 4.78 is 5.81. The summed E-state index contributed by atoms with van der Waals surface area (Å²) in [5.41, 5.74) is 12.9. The van der Waals surface area contributed by atoms with Crippen molar-refractivity contribution in [2.45, 2.75) is 13.8 Å². The van der Waals surface area contributed by atoms with Crippen LogP contribution in [-0.2, 0) is 0 Å². The number of rotatable bonds is 4. The van der Waals surface area contributed by atoms with Gasteiger partial charge >= 0.3 is 0 Å². The van der Waals surface area contributed by atoms with Gasteiger partial charge in [0.05, 0.1) is 5.69 Å². The van der Waals surface area contributed by atoms with Crippen LogP contribution in [0.15, 0.2) is 45.9 Å². The van der Waals surface area contributed by atoms with Gasteiger partial charge in [-0.2, -0.15) is 10.4 Å². The fraction of sp³-hybridized carbons (Fsp3) is 0.111. The number of nitrogens with one attached hydrogen (secondary N) is 2. The van der Waals surface area contributed by atoms with Gasteiger partial charge in [-0.3, -0.25) is 10.8 Å². The van der Waals surface area contributed by atoms with Crippen LogP contribution < -0.4 is 11.2 Å². The van der Waals surface area contributed by atoms with Crippen molar-refractivity contribution in [2.24, 2.45) is 10.8 Å². The molecule has 0 unspecified atom stereocenters. The van der Waals surface area contributed by atoms with Gasteiger partial charge in [-0.25, -0.2) is 4.98 Å². The van der Waals surface area contributed by atoms with Crippen molar-refractivity contribution in [1.29, 1.82) is 10.7 Å². The number of aryl methyl sites for hydroxylation is 2. The maximum atomic E-state index is 8.91. The molecule has 3 aromatic rings. The standard InChI is InChI=1S/C18H16N6O/c1-10-3-6-16-14(7-10)22-18(25-16)12-5-4-11(2)13(8-12)23-24-15(9-19)17(20)21/h3-8,23H,1-2H3,(H3,20,21)/b24-15+. The zero-order valence-corrected chi connectivity index (χ0v) is 13.8. The van der Waals surface area contributed by atoms with Gasteiger partial charge in [0.2, 0.25) is 11.6 Å². The predicted molar refractivity (Wildman–Crippen MR) is 97.5 cm³/mol. The van der Waals surface area contributed by atoms with E-state index in [4.69, 9.17) is 20.8 Å². The van der Waals surface area contributed by atoms with Crippen molar-refractivity contribution in [3.05, 3.63) is 47.5 Å². The summed E-state index contributed by atoms with van der Waals surface area (Å²) >= 11 is 0. The van der Waals surface area contributed by atoms with E-state index < -0.39 is 5.84 Å². The molecule has 7 heteroatoms. The number of nitriles is 1. The molecule has 0 spiro atoms. The van der Waals surface area contributed by atoms with Gasteiger partial charge in [-0.1, -0.05) is 12.1 Å². The Labute approximate surface area is 144 Å². The van der Waals surface area contributed by atoms with Gasteiger partial charge < -0.3 is 10.2 Å². The Kier molecular flexibility index (Phi) is 4.18. The van der Waals surface area contributed by atoms with E-state index in [1.165, 1.54) is 0 Å². The number of fused-ring (bicyclic) bond motifs is 1. The minimum atomic E-state index is -0.391. The summed E-state index contributed by atoms with van der Waals surface area (Å²) in [6.45, 7) is 3.90. The molecular weight excluding hydrogens is 316 g/mol. The molecule has 0 aliphatic carbocycles. The topological polar surface area (TPSA) is 124 Å². The van der Waals surface area contributed by atoms with Crippen molar-refractivity contribution in [2.75, 3.05) is 5.43 Å². The summed E-state index contributed by atoms with van der Waals surface area (Å²) in [6.07, 6.45) is 0.